The molecule has 7 nitrogen and oxygen atoms in total. The third-order valence-corrected chi connectivity index (χ3v) is 4.90. The second-order valence-corrected chi connectivity index (χ2v) is 7.17. The molecule has 0 atom stereocenters. The van der Waals surface area contributed by atoms with E-state index < -0.39 is 10.0 Å². The molecule has 0 fully saturated rings. The van der Waals surface area contributed by atoms with Crippen LogP contribution in [0.3, 0.4) is 0 Å². The highest BCUT2D eigenvalue weighted by Crippen LogP contribution is 2.33. The number of rotatable bonds is 4. The predicted octanol–water partition coefficient (Wildman–Crippen LogP) is 2.39. The van der Waals surface area contributed by atoms with Gasteiger partial charge in [-0.25, -0.2) is 18.4 Å². The summed E-state index contributed by atoms with van der Waals surface area (Å²) in [6, 6.07) is 2.79. The van der Waals surface area contributed by atoms with Crippen molar-refractivity contribution >= 4 is 53.4 Å². The Morgan fingerprint density at radius 2 is 1.95 bits per heavy atom. The number of anilines is 2. The SMILES string of the molecule is COc1cc(Br)c(N)cc1S(=O)(=O)Nc1cnc(Br)cn1. The lowest BCUT2D eigenvalue weighted by molar-refractivity contribution is 0.402. The van der Waals surface area contributed by atoms with E-state index in [0.717, 1.165) is 0 Å². The van der Waals surface area contributed by atoms with Crippen LogP contribution in [0, 0.1) is 0 Å². The van der Waals surface area contributed by atoms with Crippen molar-refractivity contribution in [2.24, 2.45) is 0 Å². The van der Waals surface area contributed by atoms with Crippen molar-refractivity contribution in [2.75, 3.05) is 17.6 Å². The zero-order chi connectivity index (χ0) is 15.6. The number of methoxy groups -OCH3 is 1. The highest BCUT2D eigenvalue weighted by Gasteiger charge is 2.22. The fourth-order valence-corrected chi connectivity index (χ4v) is 3.19. The Morgan fingerprint density at radius 3 is 2.52 bits per heavy atom. The van der Waals surface area contributed by atoms with Gasteiger partial charge in [0, 0.05) is 10.2 Å². The fraction of sp³-hybridized carbons (Fsp3) is 0.0909. The lowest BCUT2D eigenvalue weighted by Gasteiger charge is -2.12. The van der Waals surface area contributed by atoms with E-state index in [1.807, 2.05) is 0 Å². The molecule has 0 radical (unpaired) electrons. The molecule has 3 N–H and O–H groups in total. The summed E-state index contributed by atoms with van der Waals surface area (Å²) in [6.07, 6.45) is 2.67. The topological polar surface area (TPSA) is 107 Å². The Morgan fingerprint density at radius 1 is 1.24 bits per heavy atom. The van der Waals surface area contributed by atoms with Gasteiger partial charge in [0.05, 0.1) is 19.5 Å². The number of nitrogen functional groups attached to an aromatic ring is 1. The number of hydrogen-bond donors (Lipinski definition) is 2. The number of hydrogen-bond acceptors (Lipinski definition) is 6. The molecule has 2 rings (SSSR count). The number of aromatic nitrogens is 2. The largest absolute Gasteiger partial charge is 0.495 e. The van der Waals surface area contributed by atoms with Crippen LogP contribution >= 0.6 is 31.9 Å². The summed E-state index contributed by atoms with van der Waals surface area (Å²) in [5.41, 5.74) is 6.00. The number of nitrogens with zero attached hydrogens (tertiary/aromatic N) is 2. The van der Waals surface area contributed by atoms with Gasteiger partial charge in [0.2, 0.25) is 0 Å². The molecule has 1 aromatic heterocycles. The zero-order valence-electron chi connectivity index (χ0n) is 10.7. The summed E-state index contributed by atoms with van der Waals surface area (Å²) in [4.78, 5) is 7.71. The van der Waals surface area contributed by atoms with E-state index in [0.29, 0.717) is 9.08 Å². The van der Waals surface area contributed by atoms with Gasteiger partial charge in [0.15, 0.2) is 5.82 Å². The van der Waals surface area contributed by atoms with Crippen molar-refractivity contribution in [3.05, 3.63) is 33.6 Å². The molecular weight excluding hydrogens is 428 g/mol. The smallest absolute Gasteiger partial charge is 0.266 e. The summed E-state index contributed by atoms with van der Waals surface area (Å²) in [5.74, 6) is 0.246. The van der Waals surface area contributed by atoms with Crippen molar-refractivity contribution in [3.8, 4) is 5.75 Å². The summed E-state index contributed by atoms with van der Waals surface area (Å²) in [6.45, 7) is 0. The number of nitrogens with one attached hydrogen (secondary N) is 1. The van der Waals surface area contributed by atoms with Crippen LogP contribution in [0.1, 0.15) is 0 Å². The number of halogens is 2. The van der Waals surface area contributed by atoms with E-state index in [4.69, 9.17) is 10.5 Å². The minimum atomic E-state index is -3.90. The van der Waals surface area contributed by atoms with Gasteiger partial charge >= 0.3 is 0 Å². The first-order valence-electron chi connectivity index (χ1n) is 5.47. The van der Waals surface area contributed by atoms with Crippen LogP contribution in [0.25, 0.3) is 0 Å². The molecule has 0 spiro atoms. The minimum Gasteiger partial charge on any atom is -0.495 e. The first-order valence-corrected chi connectivity index (χ1v) is 8.54. The molecule has 0 unspecified atom stereocenters. The maximum atomic E-state index is 12.4. The van der Waals surface area contributed by atoms with Gasteiger partial charge in [0.1, 0.15) is 15.2 Å². The molecular formula is C11H10Br2N4O3S. The van der Waals surface area contributed by atoms with Crippen LogP contribution in [-0.4, -0.2) is 25.5 Å². The number of nitrogens with two attached hydrogens (primary N) is 1. The van der Waals surface area contributed by atoms with Gasteiger partial charge in [-0.1, -0.05) is 0 Å². The molecule has 0 saturated carbocycles. The monoisotopic (exact) mass is 436 g/mol. The molecule has 0 saturated heterocycles. The lowest BCUT2D eigenvalue weighted by atomic mass is 10.3. The van der Waals surface area contributed by atoms with E-state index in [1.165, 1.54) is 31.6 Å². The number of benzene rings is 1. The molecule has 21 heavy (non-hydrogen) atoms. The van der Waals surface area contributed by atoms with Crippen molar-refractivity contribution in [1.29, 1.82) is 0 Å². The normalized spacial score (nSPS) is 11.2. The average molecular weight is 438 g/mol. The minimum absolute atomic E-state index is 0.0849. The van der Waals surface area contributed by atoms with E-state index in [1.54, 1.807) is 0 Å². The van der Waals surface area contributed by atoms with E-state index in [2.05, 4.69) is 46.5 Å². The predicted molar refractivity (Wildman–Crippen MR) is 85.6 cm³/mol. The van der Waals surface area contributed by atoms with Gasteiger partial charge in [-0.15, -0.1) is 0 Å². The summed E-state index contributed by atoms with van der Waals surface area (Å²) >= 11 is 6.33. The Labute approximate surface area is 138 Å². The molecule has 2 aromatic rings. The van der Waals surface area contributed by atoms with Crippen LogP contribution in [0.5, 0.6) is 5.75 Å². The van der Waals surface area contributed by atoms with Gasteiger partial charge in [-0.2, -0.15) is 0 Å². The molecule has 1 heterocycles. The van der Waals surface area contributed by atoms with Crippen LogP contribution < -0.4 is 15.2 Å². The lowest BCUT2D eigenvalue weighted by Crippen LogP contribution is -2.15. The van der Waals surface area contributed by atoms with Crippen molar-refractivity contribution in [1.82, 2.24) is 9.97 Å². The second-order valence-electron chi connectivity index (χ2n) is 3.85. The molecule has 10 heteroatoms. The van der Waals surface area contributed by atoms with Crippen LogP contribution in [0.15, 0.2) is 38.5 Å². The van der Waals surface area contributed by atoms with Crippen LogP contribution in [0.4, 0.5) is 11.5 Å². The third-order valence-electron chi connectivity index (χ3n) is 2.43. The Hall–Kier alpha value is -1.39. The molecule has 112 valence electrons. The first kappa shape index (κ1) is 16.0. The third kappa shape index (κ3) is 3.63. The second kappa shape index (κ2) is 6.16. The summed E-state index contributed by atoms with van der Waals surface area (Å²) in [5, 5.41) is 0. The highest BCUT2D eigenvalue weighted by atomic mass is 79.9. The molecule has 0 aliphatic carbocycles. The molecule has 0 bridgehead atoms. The maximum Gasteiger partial charge on any atom is 0.266 e. The Kier molecular flexibility index (Phi) is 4.69. The van der Waals surface area contributed by atoms with Gasteiger partial charge in [-0.05, 0) is 44.0 Å². The Bertz CT molecular complexity index is 766. The number of sulfonamides is 1. The quantitative estimate of drug-likeness (QED) is 0.711. The summed E-state index contributed by atoms with van der Waals surface area (Å²) < 4.78 is 33.2. The van der Waals surface area contributed by atoms with E-state index in [-0.39, 0.29) is 22.2 Å². The highest BCUT2D eigenvalue weighted by molar-refractivity contribution is 9.10. The fourth-order valence-electron chi connectivity index (χ4n) is 1.48. The summed E-state index contributed by atoms with van der Waals surface area (Å²) in [7, 11) is -2.53. The van der Waals surface area contributed by atoms with Crippen molar-refractivity contribution < 1.29 is 13.2 Å². The van der Waals surface area contributed by atoms with E-state index >= 15 is 0 Å². The maximum absolute atomic E-state index is 12.4. The van der Waals surface area contributed by atoms with Crippen LogP contribution in [0.2, 0.25) is 0 Å². The average Bonchev–Trinajstić information content (AvgIpc) is 2.43. The standard InChI is InChI=1S/C11H10Br2N4O3S/c1-20-8-2-6(12)7(14)3-9(8)21(18,19)17-11-5-15-10(13)4-16-11/h2-5H,14H2,1H3,(H,16,17). The number of ether oxygens (including phenoxy) is 1. The van der Waals surface area contributed by atoms with Gasteiger partial charge in [-0.3, -0.25) is 4.72 Å². The van der Waals surface area contributed by atoms with E-state index in [9.17, 15) is 8.42 Å². The Balaban J connectivity index is 2.44. The first-order chi connectivity index (χ1) is 9.83. The van der Waals surface area contributed by atoms with Crippen molar-refractivity contribution in [3.63, 3.8) is 0 Å². The molecule has 1 aromatic carbocycles. The molecule has 0 aliphatic rings. The van der Waals surface area contributed by atoms with Gasteiger partial charge < -0.3 is 10.5 Å². The molecule has 0 amide bonds. The molecule has 0 aliphatic heterocycles. The van der Waals surface area contributed by atoms with Crippen molar-refractivity contribution in [2.45, 2.75) is 4.90 Å². The van der Waals surface area contributed by atoms with Gasteiger partial charge in [0.25, 0.3) is 10.0 Å². The zero-order valence-corrected chi connectivity index (χ0v) is 14.7. The van der Waals surface area contributed by atoms with Crippen LogP contribution in [-0.2, 0) is 10.0 Å².